The number of nitrogen functional groups attached to an aromatic ring is 1. The summed E-state index contributed by atoms with van der Waals surface area (Å²) in [4.78, 5) is 4.34. The zero-order valence-electron chi connectivity index (χ0n) is 14.3. The first kappa shape index (κ1) is 19.5. The van der Waals surface area contributed by atoms with Crippen molar-refractivity contribution in [2.24, 2.45) is 0 Å². The topological polar surface area (TPSA) is 116 Å². The fourth-order valence-corrected chi connectivity index (χ4v) is 2.15. The summed E-state index contributed by atoms with van der Waals surface area (Å²) >= 11 is 6.15. The van der Waals surface area contributed by atoms with Crippen molar-refractivity contribution in [2.75, 3.05) is 17.6 Å². The van der Waals surface area contributed by atoms with Gasteiger partial charge in [0, 0.05) is 18.7 Å². The van der Waals surface area contributed by atoms with Crippen LogP contribution in [0.4, 0.5) is 11.6 Å². The van der Waals surface area contributed by atoms with Gasteiger partial charge in [0.15, 0.2) is 5.65 Å². The largest absolute Gasteiger partial charge is 0.382 e. The fourth-order valence-electron chi connectivity index (χ4n) is 1.99. The van der Waals surface area contributed by atoms with Crippen LogP contribution in [0.5, 0.6) is 0 Å². The minimum atomic E-state index is 0.188. The highest BCUT2D eigenvalue weighted by Gasteiger charge is 2.17. The van der Waals surface area contributed by atoms with Crippen molar-refractivity contribution in [2.45, 2.75) is 34.1 Å². The Labute approximate surface area is 146 Å². The fraction of sp³-hybridized carbons (Fsp3) is 0.375. The lowest BCUT2D eigenvalue weighted by Crippen LogP contribution is -2.12. The first-order chi connectivity index (χ1) is 11.5. The van der Waals surface area contributed by atoms with Crippen LogP contribution in [-0.4, -0.2) is 26.9 Å². The number of rotatable bonds is 5. The summed E-state index contributed by atoms with van der Waals surface area (Å²) < 4.78 is 1.36. The van der Waals surface area contributed by atoms with Crippen LogP contribution in [0.3, 0.4) is 0 Å². The lowest BCUT2D eigenvalue weighted by molar-refractivity contribution is 0.923. The Morgan fingerprint density at radius 2 is 2.17 bits per heavy atom. The molecular formula is C16H22ClN7. The van der Waals surface area contributed by atoms with Crippen molar-refractivity contribution in [3.63, 3.8) is 0 Å². The molecule has 0 saturated heterocycles. The highest BCUT2D eigenvalue weighted by Crippen LogP contribution is 2.27. The van der Waals surface area contributed by atoms with Crippen molar-refractivity contribution in [1.29, 1.82) is 10.7 Å². The maximum Gasteiger partial charge on any atom is 0.178 e. The zero-order chi connectivity index (χ0) is 18.3. The SMILES string of the molecule is C/C=C\C(=N)CCNc1nc2c(Cl)c(C)nn2c(N)c1C#N.CC. The van der Waals surface area contributed by atoms with Gasteiger partial charge in [0.25, 0.3) is 0 Å². The molecule has 2 heterocycles. The number of hydrogen-bond acceptors (Lipinski definition) is 6. The normalized spacial score (nSPS) is 10.3. The summed E-state index contributed by atoms with van der Waals surface area (Å²) in [7, 11) is 0. The second-order valence-corrected chi connectivity index (χ2v) is 5.05. The van der Waals surface area contributed by atoms with Gasteiger partial charge in [-0.1, -0.05) is 31.5 Å². The second kappa shape index (κ2) is 8.89. The molecule has 0 radical (unpaired) electrons. The van der Waals surface area contributed by atoms with E-state index in [1.165, 1.54) is 4.52 Å². The molecule has 0 aliphatic rings. The van der Waals surface area contributed by atoms with E-state index in [-0.39, 0.29) is 11.4 Å². The van der Waals surface area contributed by atoms with Crippen molar-refractivity contribution in [3.05, 3.63) is 28.4 Å². The van der Waals surface area contributed by atoms with Gasteiger partial charge in [-0.2, -0.15) is 14.9 Å². The van der Waals surface area contributed by atoms with Crippen LogP contribution >= 0.6 is 11.6 Å². The smallest absolute Gasteiger partial charge is 0.178 e. The van der Waals surface area contributed by atoms with Gasteiger partial charge in [0.05, 0.1) is 5.69 Å². The Kier molecular flexibility index (Phi) is 7.21. The second-order valence-electron chi connectivity index (χ2n) is 4.67. The molecule has 8 heteroatoms. The standard InChI is InChI=1S/C14H16ClN7.C2H6/c1-3-4-9(17)5-6-19-13-10(7-16)12(18)22-14(20-13)11(15)8(2)21-22;1-2/h3-4,17H,5-6,18H2,1-2H3,(H,19,20);1-2H3/b4-3-,17-9?;. The van der Waals surface area contributed by atoms with Gasteiger partial charge in [0.2, 0.25) is 0 Å². The van der Waals surface area contributed by atoms with Gasteiger partial charge < -0.3 is 16.5 Å². The molecule has 2 rings (SSSR count). The molecule has 0 unspecified atom stereocenters. The number of halogens is 1. The summed E-state index contributed by atoms with van der Waals surface area (Å²) in [6.07, 6.45) is 4.03. The Hall–Kier alpha value is -2.59. The van der Waals surface area contributed by atoms with E-state index in [2.05, 4.69) is 15.4 Å². The predicted molar refractivity (Wildman–Crippen MR) is 98.9 cm³/mol. The van der Waals surface area contributed by atoms with E-state index in [9.17, 15) is 5.26 Å². The Morgan fingerprint density at radius 1 is 1.50 bits per heavy atom. The molecule has 0 aliphatic carbocycles. The van der Waals surface area contributed by atoms with Gasteiger partial charge >= 0.3 is 0 Å². The molecule has 24 heavy (non-hydrogen) atoms. The minimum absolute atomic E-state index is 0.188. The van der Waals surface area contributed by atoms with Crippen LogP contribution in [0.1, 0.15) is 38.4 Å². The van der Waals surface area contributed by atoms with E-state index in [0.29, 0.717) is 40.9 Å². The number of nitriles is 1. The molecule has 4 N–H and O–H groups in total. The van der Waals surface area contributed by atoms with E-state index >= 15 is 0 Å². The molecule has 0 fully saturated rings. The molecule has 0 aliphatic heterocycles. The third-order valence-corrected chi connectivity index (χ3v) is 3.51. The molecule has 7 nitrogen and oxygen atoms in total. The third-order valence-electron chi connectivity index (χ3n) is 3.07. The van der Waals surface area contributed by atoms with Crippen LogP contribution in [-0.2, 0) is 0 Å². The number of fused-ring (bicyclic) bond motifs is 1. The molecule has 0 saturated carbocycles. The van der Waals surface area contributed by atoms with Crippen molar-refractivity contribution >= 4 is 34.6 Å². The number of hydrogen-bond donors (Lipinski definition) is 3. The van der Waals surface area contributed by atoms with Gasteiger partial charge in [0.1, 0.15) is 28.3 Å². The quantitative estimate of drug-likeness (QED) is 0.715. The third kappa shape index (κ3) is 4.03. The van der Waals surface area contributed by atoms with Gasteiger partial charge in [-0.05, 0) is 19.9 Å². The monoisotopic (exact) mass is 347 g/mol. The van der Waals surface area contributed by atoms with Gasteiger partial charge in [-0.3, -0.25) is 0 Å². The van der Waals surface area contributed by atoms with Crippen molar-refractivity contribution < 1.29 is 0 Å². The molecule has 0 atom stereocenters. The molecule has 0 bridgehead atoms. The van der Waals surface area contributed by atoms with E-state index < -0.39 is 0 Å². The first-order valence-electron chi connectivity index (χ1n) is 7.68. The van der Waals surface area contributed by atoms with Gasteiger partial charge in [-0.15, -0.1) is 0 Å². The summed E-state index contributed by atoms with van der Waals surface area (Å²) in [6.45, 7) is 8.06. The highest BCUT2D eigenvalue weighted by molar-refractivity contribution is 6.34. The number of nitrogens with one attached hydrogen (secondary N) is 2. The average Bonchev–Trinajstić information content (AvgIpc) is 2.86. The average molecular weight is 348 g/mol. The maximum atomic E-state index is 9.29. The zero-order valence-corrected chi connectivity index (χ0v) is 15.1. The number of nitrogens with two attached hydrogens (primary N) is 1. The molecule has 128 valence electrons. The van der Waals surface area contributed by atoms with Crippen molar-refractivity contribution in [3.8, 4) is 6.07 Å². The molecule has 2 aromatic heterocycles. The number of allylic oxidation sites excluding steroid dienone is 2. The Bertz CT molecular complexity index is 799. The maximum absolute atomic E-state index is 9.29. The summed E-state index contributed by atoms with van der Waals surface area (Å²) in [5.41, 5.74) is 7.68. The van der Waals surface area contributed by atoms with Crippen LogP contribution in [0, 0.1) is 23.7 Å². The molecule has 2 aromatic rings. The lowest BCUT2D eigenvalue weighted by atomic mass is 10.2. The van der Waals surface area contributed by atoms with E-state index in [1.807, 2.05) is 26.8 Å². The Balaban J connectivity index is 0.00000139. The molecular weight excluding hydrogens is 326 g/mol. The molecule has 0 amide bonds. The van der Waals surface area contributed by atoms with Crippen molar-refractivity contribution in [1.82, 2.24) is 14.6 Å². The van der Waals surface area contributed by atoms with Crippen LogP contribution in [0.25, 0.3) is 5.65 Å². The Morgan fingerprint density at radius 3 is 2.75 bits per heavy atom. The summed E-state index contributed by atoms with van der Waals surface area (Å²) in [5.74, 6) is 0.538. The van der Waals surface area contributed by atoms with E-state index in [4.69, 9.17) is 22.7 Å². The predicted octanol–water partition coefficient (Wildman–Crippen LogP) is 3.57. The van der Waals surface area contributed by atoms with Crippen LogP contribution < -0.4 is 11.1 Å². The lowest BCUT2D eigenvalue weighted by Gasteiger charge is -2.10. The summed E-state index contributed by atoms with van der Waals surface area (Å²) in [5, 5.41) is 24.6. The minimum Gasteiger partial charge on any atom is -0.382 e. The molecule has 0 aromatic carbocycles. The number of anilines is 2. The van der Waals surface area contributed by atoms with E-state index in [0.717, 1.165) is 0 Å². The summed E-state index contributed by atoms with van der Waals surface area (Å²) in [6, 6.07) is 2.03. The number of aryl methyl sites for hydroxylation is 1. The molecule has 0 spiro atoms. The number of aromatic nitrogens is 3. The van der Waals surface area contributed by atoms with E-state index in [1.54, 1.807) is 19.1 Å². The first-order valence-corrected chi connectivity index (χ1v) is 8.05. The highest BCUT2D eigenvalue weighted by atomic mass is 35.5. The van der Waals surface area contributed by atoms with Crippen LogP contribution in [0.15, 0.2) is 12.2 Å². The van der Waals surface area contributed by atoms with Gasteiger partial charge in [-0.25, -0.2) is 4.98 Å². The number of nitrogens with zero attached hydrogens (tertiary/aromatic N) is 4. The van der Waals surface area contributed by atoms with Crippen LogP contribution in [0.2, 0.25) is 5.02 Å².